The molecule has 0 aliphatic carbocycles. The molecule has 37 heavy (non-hydrogen) atoms. The van der Waals surface area contributed by atoms with Crippen molar-refractivity contribution in [1.29, 1.82) is 0 Å². The zero-order chi connectivity index (χ0) is 26.1. The van der Waals surface area contributed by atoms with Crippen molar-refractivity contribution >= 4 is 22.8 Å². The molecule has 8 heteroatoms. The number of piperidine rings is 1. The molecule has 0 amide bonds. The van der Waals surface area contributed by atoms with Crippen LogP contribution in [0.2, 0.25) is 0 Å². The molecule has 3 aromatic carbocycles. The maximum Gasteiger partial charge on any atom is 0.132 e. The van der Waals surface area contributed by atoms with Gasteiger partial charge in [-0.2, -0.15) is 0 Å². The molecule has 4 aromatic rings. The Balaban J connectivity index is 1.74. The number of nitrogens with zero attached hydrogens (tertiary/aromatic N) is 3. The first kappa shape index (κ1) is 24.6. The van der Waals surface area contributed by atoms with Gasteiger partial charge in [-0.25, -0.2) is 8.78 Å². The van der Waals surface area contributed by atoms with Gasteiger partial charge < -0.3 is 20.6 Å². The number of aromatic nitrogens is 1. The number of aryl methyl sites for hydroxylation is 1. The number of phenols is 1. The molecule has 1 aromatic heterocycles. The Kier molecular flexibility index (Phi) is 6.76. The van der Waals surface area contributed by atoms with Gasteiger partial charge in [-0.05, 0) is 72.9 Å². The summed E-state index contributed by atoms with van der Waals surface area (Å²) in [7, 11) is 1.37. The van der Waals surface area contributed by atoms with Crippen LogP contribution < -0.4 is 10.6 Å². The van der Waals surface area contributed by atoms with Gasteiger partial charge in [-0.15, -0.1) is 0 Å². The molecule has 5 rings (SSSR count). The van der Waals surface area contributed by atoms with E-state index in [1.807, 2.05) is 25.1 Å². The van der Waals surface area contributed by atoms with Crippen molar-refractivity contribution in [3.63, 3.8) is 0 Å². The number of halogens is 2. The van der Waals surface area contributed by atoms with E-state index in [-0.39, 0.29) is 23.2 Å². The number of rotatable bonds is 5. The van der Waals surface area contributed by atoms with Crippen LogP contribution >= 0.6 is 0 Å². The fraction of sp³-hybridized carbons (Fsp3) is 0.241. The van der Waals surface area contributed by atoms with Gasteiger partial charge in [0.2, 0.25) is 0 Å². The summed E-state index contributed by atoms with van der Waals surface area (Å²) in [5, 5.41) is 15.4. The Hall–Kier alpha value is -4.04. The Labute approximate surface area is 214 Å². The molecule has 0 spiro atoms. The average Bonchev–Trinajstić information content (AvgIpc) is 2.88. The van der Waals surface area contributed by atoms with E-state index >= 15 is 0 Å². The minimum atomic E-state index is -0.516. The number of oxime groups is 1. The normalized spacial score (nSPS) is 14.6. The van der Waals surface area contributed by atoms with E-state index in [0.717, 1.165) is 59.2 Å². The fourth-order valence-electron chi connectivity index (χ4n) is 4.96. The van der Waals surface area contributed by atoms with Crippen LogP contribution in [0.25, 0.3) is 33.2 Å². The molecule has 0 atom stereocenters. The molecule has 0 bridgehead atoms. The van der Waals surface area contributed by atoms with Crippen molar-refractivity contribution in [2.45, 2.75) is 25.8 Å². The van der Waals surface area contributed by atoms with Crippen molar-refractivity contribution < 1.29 is 18.7 Å². The van der Waals surface area contributed by atoms with E-state index in [0.29, 0.717) is 11.1 Å². The highest BCUT2D eigenvalue weighted by atomic mass is 19.1. The highest BCUT2D eigenvalue weighted by Gasteiger charge is 2.23. The van der Waals surface area contributed by atoms with Crippen LogP contribution in [0, 0.1) is 18.6 Å². The first-order valence-electron chi connectivity index (χ1n) is 12.1. The first-order chi connectivity index (χ1) is 17.8. The lowest BCUT2D eigenvalue weighted by Crippen LogP contribution is -2.40. The van der Waals surface area contributed by atoms with E-state index in [1.165, 1.54) is 37.6 Å². The van der Waals surface area contributed by atoms with Gasteiger partial charge >= 0.3 is 0 Å². The Bertz CT molecular complexity index is 1480. The fourth-order valence-corrected chi connectivity index (χ4v) is 4.96. The van der Waals surface area contributed by atoms with Crippen LogP contribution in [0.5, 0.6) is 5.75 Å². The lowest BCUT2D eigenvalue weighted by Gasteiger charge is -2.34. The van der Waals surface area contributed by atoms with Gasteiger partial charge in [-0.1, -0.05) is 17.3 Å². The molecule has 0 radical (unpaired) electrons. The highest BCUT2D eigenvalue weighted by Crippen LogP contribution is 2.41. The van der Waals surface area contributed by atoms with E-state index in [4.69, 9.17) is 10.6 Å². The molecule has 1 fully saturated rings. The summed E-state index contributed by atoms with van der Waals surface area (Å²) in [6.45, 7) is 3.35. The number of nitrogens with two attached hydrogens (primary N) is 1. The lowest BCUT2D eigenvalue weighted by atomic mass is 9.95. The van der Waals surface area contributed by atoms with Crippen LogP contribution in [-0.2, 0) is 4.84 Å². The van der Waals surface area contributed by atoms with Crippen molar-refractivity contribution in [2.75, 3.05) is 25.1 Å². The number of hydrogen-bond acceptors (Lipinski definition) is 6. The van der Waals surface area contributed by atoms with Crippen molar-refractivity contribution in [2.24, 2.45) is 10.9 Å². The van der Waals surface area contributed by atoms with Crippen molar-refractivity contribution in [3.05, 3.63) is 77.5 Å². The Morgan fingerprint density at radius 1 is 1.03 bits per heavy atom. The molecule has 6 nitrogen and oxygen atoms in total. The molecular weight excluding hydrogens is 474 g/mol. The zero-order valence-corrected chi connectivity index (χ0v) is 20.7. The molecule has 190 valence electrons. The predicted octanol–water partition coefficient (Wildman–Crippen LogP) is 5.77. The topological polar surface area (TPSA) is 84.0 Å². The number of hydrogen-bond donors (Lipinski definition) is 2. The molecule has 1 aliphatic heterocycles. The van der Waals surface area contributed by atoms with E-state index in [1.54, 1.807) is 12.3 Å². The molecule has 3 N–H and O–H groups in total. The summed E-state index contributed by atoms with van der Waals surface area (Å²) in [4.78, 5) is 11.6. The van der Waals surface area contributed by atoms with Gasteiger partial charge in [0.15, 0.2) is 0 Å². The minimum Gasteiger partial charge on any atom is -0.507 e. The van der Waals surface area contributed by atoms with Crippen LogP contribution in [0.15, 0.2) is 59.9 Å². The average molecular weight is 503 g/mol. The maximum absolute atomic E-state index is 14.5. The third kappa shape index (κ3) is 4.97. The number of aromatic hydroxyl groups is 1. The van der Waals surface area contributed by atoms with Crippen molar-refractivity contribution in [3.8, 4) is 28.0 Å². The Morgan fingerprint density at radius 3 is 2.51 bits per heavy atom. The molecular formula is C29H28F2N4O2. The molecule has 0 saturated carbocycles. The molecule has 1 saturated heterocycles. The zero-order valence-electron chi connectivity index (χ0n) is 20.7. The van der Waals surface area contributed by atoms with Gasteiger partial charge in [0.05, 0.1) is 17.4 Å². The maximum atomic E-state index is 14.5. The second-order valence-corrected chi connectivity index (χ2v) is 9.40. The summed E-state index contributed by atoms with van der Waals surface area (Å²) in [5.74, 6) is -0.944. The number of anilines is 1. The number of benzene rings is 3. The van der Waals surface area contributed by atoms with Crippen LogP contribution in [-0.4, -0.2) is 42.5 Å². The minimum absolute atomic E-state index is 0.114. The quantitative estimate of drug-likeness (QED) is 0.267. The summed E-state index contributed by atoms with van der Waals surface area (Å²) in [5.41, 5.74) is 11.3. The van der Waals surface area contributed by atoms with Crippen LogP contribution in [0.1, 0.15) is 24.0 Å². The van der Waals surface area contributed by atoms with Gasteiger partial charge in [0, 0.05) is 47.4 Å². The van der Waals surface area contributed by atoms with E-state index < -0.39 is 5.82 Å². The third-order valence-electron chi connectivity index (χ3n) is 6.76. The number of pyridine rings is 1. The van der Waals surface area contributed by atoms with Gasteiger partial charge in [-0.3, -0.25) is 4.98 Å². The smallest absolute Gasteiger partial charge is 0.132 e. The van der Waals surface area contributed by atoms with E-state index in [9.17, 15) is 13.9 Å². The Morgan fingerprint density at radius 2 is 1.78 bits per heavy atom. The molecule has 2 heterocycles. The van der Waals surface area contributed by atoms with Gasteiger partial charge in [0.25, 0.3) is 0 Å². The predicted molar refractivity (Wildman–Crippen MR) is 143 cm³/mol. The highest BCUT2D eigenvalue weighted by molar-refractivity contribution is 6.02. The third-order valence-corrected chi connectivity index (χ3v) is 6.76. The monoisotopic (exact) mass is 502 g/mol. The largest absolute Gasteiger partial charge is 0.507 e. The summed E-state index contributed by atoms with van der Waals surface area (Å²) < 4.78 is 28.9. The first-order valence-corrected chi connectivity index (χ1v) is 12.1. The van der Waals surface area contributed by atoms with Gasteiger partial charge in [0.1, 0.15) is 24.5 Å². The lowest BCUT2D eigenvalue weighted by molar-refractivity contribution is 0.215. The summed E-state index contributed by atoms with van der Waals surface area (Å²) in [6, 6.07) is 13.1. The number of phenolic OH excluding ortho intramolecular Hbond substituents is 1. The van der Waals surface area contributed by atoms with Crippen LogP contribution in [0.3, 0.4) is 0 Å². The van der Waals surface area contributed by atoms with E-state index in [2.05, 4.69) is 15.0 Å². The van der Waals surface area contributed by atoms with Crippen LogP contribution in [0.4, 0.5) is 14.5 Å². The summed E-state index contributed by atoms with van der Waals surface area (Å²) in [6.07, 6.45) is 4.70. The molecule has 0 unspecified atom stereocenters. The summed E-state index contributed by atoms with van der Waals surface area (Å²) >= 11 is 0. The second kappa shape index (κ2) is 10.1. The second-order valence-electron chi connectivity index (χ2n) is 9.40. The molecule has 1 aliphatic rings. The van der Waals surface area contributed by atoms with Crippen molar-refractivity contribution in [1.82, 2.24) is 4.98 Å². The number of fused-ring (bicyclic) bond motifs is 1. The SMILES string of the molecule is CO/N=C/c1cc(F)cc(-c2ccc3ncc(-c4cc(C)cc(F)c4)c(N4CCC(N)CC4)c3c2)c1O. The standard InChI is InChI=1S/C29H28F2N4O2/c1-17-9-19(11-21(30)10-17)26-16-33-27-4-3-18(13-25(27)28(26)35-7-5-23(32)6-8-35)24-14-22(31)12-20(29(24)36)15-34-37-2/h3-4,9-16,23,36H,5-8,32H2,1-2H3/b34-15+.